The Morgan fingerprint density at radius 2 is 1.59 bits per heavy atom. The lowest BCUT2D eigenvalue weighted by Crippen LogP contribution is -2.62. The Hall–Kier alpha value is -5.50. The SMILES string of the molecule is O=C1CC[C@@H](Nc2ccc(C3CCN(C4(C(=O)NC5CCC(Nc6ncc(F)c(-c7cccc(-n8ccccc8=O)c7)n6)CC5)CCCCC4)CC3)c(F)c2)C(=O)N1. The summed E-state index contributed by atoms with van der Waals surface area (Å²) >= 11 is 0. The molecule has 2 saturated heterocycles. The number of benzene rings is 2. The average Bonchev–Trinajstić information content (AvgIpc) is 3.24. The van der Waals surface area contributed by atoms with Crippen LogP contribution < -0.4 is 26.8 Å². The summed E-state index contributed by atoms with van der Waals surface area (Å²) in [6.07, 6.45) is 12.8. The van der Waals surface area contributed by atoms with Crippen LogP contribution in [0.2, 0.25) is 0 Å². The van der Waals surface area contributed by atoms with E-state index in [0.29, 0.717) is 48.0 Å². The van der Waals surface area contributed by atoms with Crippen LogP contribution in [-0.4, -0.2) is 73.9 Å². The highest BCUT2D eigenvalue weighted by atomic mass is 19.1. The van der Waals surface area contributed by atoms with Crippen LogP contribution in [-0.2, 0) is 14.4 Å². The van der Waals surface area contributed by atoms with E-state index in [2.05, 4.69) is 36.1 Å². The van der Waals surface area contributed by atoms with Gasteiger partial charge in [0.05, 0.1) is 6.20 Å². The molecular formula is C44H50F2N8O4. The van der Waals surface area contributed by atoms with Gasteiger partial charge in [0.15, 0.2) is 5.82 Å². The molecule has 2 aliphatic heterocycles. The van der Waals surface area contributed by atoms with Crippen molar-refractivity contribution in [2.75, 3.05) is 23.7 Å². The number of hydrogen-bond donors (Lipinski definition) is 4. The molecule has 4 N–H and O–H groups in total. The first kappa shape index (κ1) is 39.3. The molecule has 3 amide bonds. The summed E-state index contributed by atoms with van der Waals surface area (Å²) in [6.45, 7) is 1.42. The van der Waals surface area contributed by atoms with Crippen molar-refractivity contribution in [3.63, 3.8) is 0 Å². The maximum atomic E-state index is 15.5. The molecule has 4 heterocycles. The number of nitrogens with zero attached hydrogens (tertiary/aromatic N) is 4. The third kappa shape index (κ3) is 8.52. The van der Waals surface area contributed by atoms with Crippen LogP contribution in [0.4, 0.5) is 20.4 Å². The van der Waals surface area contributed by atoms with Crippen molar-refractivity contribution in [3.8, 4) is 16.9 Å². The average molecular weight is 793 g/mol. The predicted octanol–water partition coefficient (Wildman–Crippen LogP) is 6.21. The van der Waals surface area contributed by atoms with Crippen molar-refractivity contribution in [2.24, 2.45) is 0 Å². The smallest absolute Gasteiger partial charge is 0.255 e. The number of anilines is 2. The molecule has 0 unspecified atom stereocenters. The van der Waals surface area contributed by atoms with Crippen molar-refractivity contribution in [1.29, 1.82) is 0 Å². The zero-order valence-corrected chi connectivity index (χ0v) is 32.5. The van der Waals surface area contributed by atoms with Crippen LogP contribution in [0.5, 0.6) is 0 Å². The molecular weight excluding hydrogens is 743 g/mol. The lowest BCUT2D eigenvalue weighted by atomic mass is 9.76. The molecule has 4 aliphatic rings. The third-order valence-corrected chi connectivity index (χ3v) is 12.6. The number of aromatic nitrogens is 3. The van der Waals surface area contributed by atoms with Crippen molar-refractivity contribution in [3.05, 3.63) is 101 Å². The number of carbonyl (C=O) groups excluding carboxylic acids is 3. The Morgan fingerprint density at radius 3 is 2.33 bits per heavy atom. The van der Waals surface area contributed by atoms with Crippen molar-refractivity contribution in [2.45, 2.75) is 113 Å². The Labute approximate surface area is 336 Å². The standard InChI is InChI=1S/C44H50F2N8O4/c45-35-26-32(48-37-16-17-38(55)51-41(37)57)14-15-34(35)28-18-23-53(24-19-28)44(20-3-1-4-21-44)42(58)49-30-10-12-31(13-11-30)50-43-47-27-36(46)40(52-43)29-7-6-8-33(25-29)54-22-5-2-9-39(54)56/h2,5-9,14-15,22,25-28,30-31,37,48H,1,3-4,10-13,16-21,23-24H2,(H,49,58)(H,47,50,52)(H,51,55,57)/t30?,31?,37-/m1/s1. The molecule has 0 radical (unpaired) electrons. The van der Waals surface area contributed by atoms with Crippen LogP contribution in [0, 0.1) is 11.6 Å². The zero-order chi connectivity index (χ0) is 40.2. The van der Waals surface area contributed by atoms with Gasteiger partial charge in [-0.3, -0.25) is 34.0 Å². The fourth-order valence-corrected chi connectivity index (χ4v) is 9.39. The minimum Gasteiger partial charge on any atom is -0.374 e. The highest BCUT2D eigenvalue weighted by Gasteiger charge is 2.46. The van der Waals surface area contributed by atoms with Crippen molar-refractivity contribution < 1.29 is 23.2 Å². The number of pyridine rings is 1. The van der Waals surface area contributed by atoms with Gasteiger partial charge in [-0.1, -0.05) is 43.5 Å². The van der Waals surface area contributed by atoms with E-state index in [0.717, 1.165) is 70.6 Å². The van der Waals surface area contributed by atoms with E-state index in [1.165, 1.54) is 22.9 Å². The van der Waals surface area contributed by atoms with Gasteiger partial charge in [-0.15, -0.1) is 0 Å². The second-order valence-corrected chi connectivity index (χ2v) is 16.3. The molecule has 304 valence electrons. The van der Waals surface area contributed by atoms with Crippen molar-refractivity contribution in [1.82, 2.24) is 30.1 Å². The number of amides is 3. The van der Waals surface area contributed by atoms with E-state index in [1.54, 1.807) is 54.7 Å². The van der Waals surface area contributed by atoms with E-state index < -0.39 is 23.3 Å². The first-order valence-corrected chi connectivity index (χ1v) is 20.7. The Balaban J connectivity index is 0.855. The van der Waals surface area contributed by atoms with Gasteiger partial charge >= 0.3 is 0 Å². The van der Waals surface area contributed by atoms with E-state index in [-0.39, 0.29) is 53.3 Å². The van der Waals surface area contributed by atoms with Crippen LogP contribution in [0.1, 0.15) is 95.0 Å². The van der Waals surface area contributed by atoms with E-state index >= 15 is 8.78 Å². The van der Waals surface area contributed by atoms with Gasteiger partial charge < -0.3 is 16.0 Å². The quantitative estimate of drug-likeness (QED) is 0.138. The Morgan fingerprint density at radius 1 is 0.810 bits per heavy atom. The molecule has 2 aliphatic carbocycles. The van der Waals surface area contributed by atoms with Gasteiger partial charge in [0.1, 0.15) is 23.1 Å². The molecule has 0 spiro atoms. The Bertz CT molecular complexity index is 2210. The third-order valence-electron chi connectivity index (χ3n) is 12.6. The van der Waals surface area contributed by atoms with Gasteiger partial charge in [0.25, 0.3) is 5.56 Å². The molecule has 0 bridgehead atoms. The maximum Gasteiger partial charge on any atom is 0.255 e. The molecule has 2 saturated carbocycles. The van der Waals surface area contributed by atoms with Gasteiger partial charge in [-0.25, -0.2) is 18.7 Å². The summed E-state index contributed by atoms with van der Waals surface area (Å²) in [5.41, 5.74) is 1.69. The fourth-order valence-electron chi connectivity index (χ4n) is 9.39. The molecule has 8 rings (SSSR count). The van der Waals surface area contributed by atoms with E-state index in [4.69, 9.17) is 0 Å². The van der Waals surface area contributed by atoms with E-state index in [9.17, 15) is 19.2 Å². The van der Waals surface area contributed by atoms with E-state index in [1.807, 2.05) is 0 Å². The fraction of sp³-hybridized carbons (Fsp3) is 0.455. The summed E-state index contributed by atoms with van der Waals surface area (Å²) in [7, 11) is 0. The zero-order valence-electron chi connectivity index (χ0n) is 32.5. The highest BCUT2D eigenvalue weighted by molar-refractivity contribution is 6.01. The molecule has 14 heteroatoms. The number of carbonyl (C=O) groups is 3. The number of piperidine rings is 2. The number of halogens is 2. The minimum absolute atomic E-state index is 0.0269. The minimum atomic E-state index is -0.577. The van der Waals surface area contributed by atoms with Crippen molar-refractivity contribution >= 4 is 29.4 Å². The predicted molar refractivity (Wildman–Crippen MR) is 216 cm³/mol. The second kappa shape index (κ2) is 17.2. The molecule has 1 atom stereocenters. The number of rotatable bonds is 10. The maximum absolute atomic E-state index is 15.5. The van der Waals surface area contributed by atoms with Gasteiger partial charge in [-0.2, -0.15) is 0 Å². The summed E-state index contributed by atoms with van der Waals surface area (Å²) in [6, 6.07) is 16.5. The molecule has 4 fully saturated rings. The summed E-state index contributed by atoms with van der Waals surface area (Å²) < 4.78 is 32.0. The lowest BCUT2D eigenvalue weighted by Gasteiger charge is -2.48. The first-order valence-electron chi connectivity index (χ1n) is 20.7. The van der Waals surface area contributed by atoms with Gasteiger partial charge in [-0.05, 0) is 113 Å². The highest BCUT2D eigenvalue weighted by Crippen LogP contribution is 2.40. The first-order chi connectivity index (χ1) is 28.1. The molecule has 2 aromatic carbocycles. The molecule has 2 aromatic heterocycles. The number of hydrogen-bond acceptors (Lipinski definition) is 9. The largest absolute Gasteiger partial charge is 0.374 e. The van der Waals surface area contributed by atoms with Crippen LogP contribution in [0.3, 0.4) is 0 Å². The molecule has 58 heavy (non-hydrogen) atoms. The van der Waals surface area contributed by atoms with Crippen LogP contribution in [0.25, 0.3) is 16.9 Å². The monoisotopic (exact) mass is 792 g/mol. The summed E-state index contributed by atoms with van der Waals surface area (Å²) in [5.74, 6) is -1.10. The second-order valence-electron chi connectivity index (χ2n) is 16.3. The number of imide groups is 1. The van der Waals surface area contributed by atoms with Gasteiger partial charge in [0.2, 0.25) is 23.7 Å². The van der Waals surface area contributed by atoms with Crippen LogP contribution >= 0.6 is 0 Å². The van der Waals surface area contributed by atoms with Gasteiger partial charge in [0, 0.05) is 47.7 Å². The summed E-state index contributed by atoms with van der Waals surface area (Å²) in [5, 5.41) is 12.2. The van der Waals surface area contributed by atoms with Crippen LogP contribution in [0.15, 0.2) is 77.9 Å². The Kier molecular flexibility index (Phi) is 11.6. The molecule has 4 aromatic rings. The number of likely N-dealkylation sites (tertiary alicyclic amines) is 1. The topological polar surface area (TPSA) is 150 Å². The summed E-state index contributed by atoms with van der Waals surface area (Å²) in [4.78, 5) is 61.5. The lowest BCUT2D eigenvalue weighted by molar-refractivity contribution is -0.138. The normalized spacial score (nSPS) is 22.8. The number of nitrogens with one attached hydrogen (secondary N) is 4. The molecule has 12 nitrogen and oxygen atoms in total.